The first-order valence-corrected chi connectivity index (χ1v) is 11.3. The lowest BCUT2D eigenvalue weighted by Crippen LogP contribution is -2.42. The topological polar surface area (TPSA) is 72.3 Å². The fourth-order valence-corrected chi connectivity index (χ4v) is 6.03. The number of nitrogens with zero attached hydrogens (tertiary/aromatic N) is 3. The molecule has 2 heterocycles. The second kappa shape index (κ2) is 7.37. The van der Waals surface area contributed by atoms with Gasteiger partial charge in [0.2, 0.25) is 5.91 Å². The molecule has 0 aliphatic carbocycles. The minimum absolute atomic E-state index is 0.0238. The van der Waals surface area contributed by atoms with Crippen LogP contribution in [0.3, 0.4) is 0 Å². The second-order valence-electron chi connectivity index (χ2n) is 6.15. The number of carbonyl (C=O) groups excluding carboxylic acids is 1. The molecule has 0 radical (unpaired) electrons. The first kappa shape index (κ1) is 18.3. The molecule has 8 heteroatoms. The molecular weight excluding hydrogens is 358 g/mol. The Balaban J connectivity index is 1.71. The largest absolute Gasteiger partial charge is 0.338 e. The van der Waals surface area contributed by atoms with Gasteiger partial charge in [-0.25, -0.2) is 13.4 Å². The van der Waals surface area contributed by atoms with Gasteiger partial charge in [0.25, 0.3) is 0 Å². The molecule has 1 amide bonds. The average Bonchev–Trinajstić information content (AvgIpc) is 3.13. The van der Waals surface area contributed by atoms with Crippen LogP contribution < -0.4 is 0 Å². The molecule has 1 aromatic heterocycles. The van der Waals surface area contributed by atoms with Crippen LogP contribution in [0.5, 0.6) is 0 Å². The Morgan fingerprint density at radius 3 is 2.76 bits per heavy atom. The molecule has 1 fully saturated rings. The van der Waals surface area contributed by atoms with Crippen LogP contribution in [0.2, 0.25) is 0 Å². The zero-order valence-electron chi connectivity index (χ0n) is 14.5. The van der Waals surface area contributed by atoms with E-state index >= 15 is 0 Å². The number of imidazole rings is 1. The number of thioether (sulfide) groups is 1. The van der Waals surface area contributed by atoms with Crippen molar-refractivity contribution in [1.82, 2.24) is 14.5 Å². The molecule has 0 saturated carbocycles. The lowest BCUT2D eigenvalue weighted by atomic mass is 10.2. The van der Waals surface area contributed by atoms with Gasteiger partial charge >= 0.3 is 0 Å². The molecule has 2 aromatic rings. The second-order valence-corrected chi connectivity index (χ2v) is 9.32. The number of sulfone groups is 1. The highest BCUT2D eigenvalue weighted by molar-refractivity contribution is 7.99. The number of carbonyl (C=O) groups is 1. The molecule has 3 rings (SSSR count). The molecule has 0 unspecified atom stereocenters. The third kappa shape index (κ3) is 3.84. The number of aryl methyl sites for hydroxylation is 1. The third-order valence-corrected chi connectivity index (χ3v) is 7.28. The Kier molecular flexibility index (Phi) is 5.38. The Bertz CT molecular complexity index is 876. The van der Waals surface area contributed by atoms with E-state index in [0.29, 0.717) is 13.0 Å². The summed E-state index contributed by atoms with van der Waals surface area (Å²) in [5.74, 6) is 0.517. The number of aromatic nitrogens is 2. The van der Waals surface area contributed by atoms with E-state index in [4.69, 9.17) is 0 Å². The lowest BCUT2D eigenvalue weighted by molar-refractivity contribution is -0.129. The van der Waals surface area contributed by atoms with Crippen LogP contribution in [0, 0.1) is 0 Å². The summed E-state index contributed by atoms with van der Waals surface area (Å²) in [4.78, 5) is 19.0. The van der Waals surface area contributed by atoms with E-state index in [-0.39, 0.29) is 29.2 Å². The van der Waals surface area contributed by atoms with E-state index in [2.05, 4.69) is 16.5 Å². The number of hydrogen-bond donors (Lipinski definition) is 0. The van der Waals surface area contributed by atoms with E-state index in [1.807, 2.05) is 31.2 Å². The Labute approximate surface area is 152 Å². The quantitative estimate of drug-likeness (QED) is 0.717. The summed E-state index contributed by atoms with van der Waals surface area (Å²) in [6.07, 6.45) is 0.542. The molecule has 1 saturated heterocycles. The summed E-state index contributed by atoms with van der Waals surface area (Å²) >= 11 is 1.42. The number of rotatable bonds is 6. The van der Waals surface area contributed by atoms with Crippen LogP contribution in [0.1, 0.15) is 20.3 Å². The van der Waals surface area contributed by atoms with Gasteiger partial charge in [-0.3, -0.25) is 4.79 Å². The molecular formula is C17H23N3O3S2. The first-order chi connectivity index (χ1) is 11.9. The molecule has 1 aromatic carbocycles. The van der Waals surface area contributed by atoms with Gasteiger partial charge in [-0.15, -0.1) is 0 Å². The van der Waals surface area contributed by atoms with Crippen molar-refractivity contribution in [3.05, 3.63) is 24.3 Å². The molecule has 1 aliphatic heterocycles. The Hall–Kier alpha value is -1.54. The van der Waals surface area contributed by atoms with E-state index in [0.717, 1.165) is 22.7 Å². The smallest absolute Gasteiger partial charge is 0.233 e. The summed E-state index contributed by atoms with van der Waals surface area (Å²) in [6.45, 7) is 5.27. The van der Waals surface area contributed by atoms with Crippen molar-refractivity contribution in [3.8, 4) is 0 Å². The van der Waals surface area contributed by atoms with Crippen molar-refractivity contribution >= 4 is 38.5 Å². The minimum atomic E-state index is -3.00. The molecule has 0 N–H and O–H groups in total. The highest BCUT2D eigenvalue weighted by Crippen LogP contribution is 2.25. The van der Waals surface area contributed by atoms with E-state index in [1.54, 1.807) is 4.90 Å². The Morgan fingerprint density at radius 2 is 2.12 bits per heavy atom. The minimum Gasteiger partial charge on any atom is -0.338 e. The zero-order chi connectivity index (χ0) is 18.0. The van der Waals surface area contributed by atoms with Gasteiger partial charge in [-0.2, -0.15) is 0 Å². The van der Waals surface area contributed by atoms with Crippen molar-refractivity contribution in [3.63, 3.8) is 0 Å². The molecule has 25 heavy (non-hydrogen) atoms. The van der Waals surface area contributed by atoms with Gasteiger partial charge in [0.15, 0.2) is 15.0 Å². The van der Waals surface area contributed by atoms with Crippen LogP contribution in [0.15, 0.2) is 29.4 Å². The maximum Gasteiger partial charge on any atom is 0.233 e. The van der Waals surface area contributed by atoms with Crippen LogP contribution in [0.4, 0.5) is 0 Å². The highest BCUT2D eigenvalue weighted by Gasteiger charge is 2.33. The summed E-state index contributed by atoms with van der Waals surface area (Å²) < 4.78 is 25.5. The van der Waals surface area contributed by atoms with Crippen LogP contribution >= 0.6 is 11.8 Å². The van der Waals surface area contributed by atoms with Gasteiger partial charge in [0.1, 0.15) is 0 Å². The number of amides is 1. The number of benzene rings is 1. The molecule has 136 valence electrons. The Morgan fingerprint density at radius 1 is 1.36 bits per heavy atom. The molecule has 6 nitrogen and oxygen atoms in total. The fourth-order valence-electron chi connectivity index (χ4n) is 3.34. The molecule has 1 aliphatic rings. The molecule has 0 spiro atoms. The fraction of sp³-hybridized carbons (Fsp3) is 0.529. The van der Waals surface area contributed by atoms with Crippen LogP contribution in [-0.4, -0.2) is 58.6 Å². The predicted octanol–water partition coefficient (Wildman–Crippen LogP) is 2.18. The van der Waals surface area contributed by atoms with Crippen LogP contribution in [0.25, 0.3) is 11.0 Å². The normalized spacial score (nSPS) is 19.4. The number of para-hydroxylation sites is 2. The number of hydrogen-bond acceptors (Lipinski definition) is 5. The predicted molar refractivity (Wildman–Crippen MR) is 101 cm³/mol. The van der Waals surface area contributed by atoms with Crippen molar-refractivity contribution in [1.29, 1.82) is 0 Å². The molecule has 1 atom stereocenters. The summed E-state index contributed by atoms with van der Waals surface area (Å²) in [7, 11) is -3.00. The monoisotopic (exact) mass is 381 g/mol. The maximum atomic E-state index is 12.6. The van der Waals surface area contributed by atoms with E-state index in [9.17, 15) is 13.2 Å². The standard InChI is InChI=1S/C17H23N3O3S2/c1-3-19(13-9-10-25(22,23)12-13)16(21)11-24-17-18-14-7-5-6-8-15(14)20(17)4-2/h5-8,13H,3-4,9-12H2,1-2H3/t13-/m0/s1. The van der Waals surface area contributed by atoms with Crippen molar-refractivity contribution in [2.24, 2.45) is 0 Å². The van der Waals surface area contributed by atoms with E-state index < -0.39 is 9.84 Å². The van der Waals surface area contributed by atoms with Crippen LogP contribution in [-0.2, 0) is 21.2 Å². The van der Waals surface area contributed by atoms with E-state index in [1.165, 1.54) is 11.8 Å². The summed E-state index contributed by atoms with van der Waals surface area (Å²) in [6, 6.07) is 7.74. The zero-order valence-corrected chi connectivity index (χ0v) is 16.1. The average molecular weight is 382 g/mol. The third-order valence-electron chi connectivity index (χ3n) is 4.57. The SMILES string of the molecule is CCN(C(=O)CSc1nc2ccccc2n1CC)[C@H]1CCS(=O)(=O)C1. The molecule has 0 bridgehead atoms. The van der Waals surface area contributed by atoms with Gasteiger partial charge in [-0.1, -0.05) is 23.9 Å². The van der Waals surface area contributed by atoms with Gasteiger partial charge in [-0.05, 0) is 32.4 Å². The van der Waals surface area contributed by atoms with Crippen molar-refractivity contribution in [2.75, 3.05) is 23.8 Å². The van der Waals surface area contributed by atoms with Crippen molar-refractivity contribution in [2.45, 2.75) is 38.0 Å². The van der Waals surface area contributed by atoms with Gasteiger partial charge in [0.05, 0.1) is 28.3 Å². The lowest BCUT2D eigenvalue weighted by Gasteiger charge is -2.26. The first-order valence-electron chi connectivity index (χ1n) is 8.53. The van der Waals surface area contributed by atoms with Crippen molar-refractivity contribution < 1.29 is 13.2 Å². The van der Waals surface area contributed by atoms with Gasteiger partial charge in [0, 0.05) is 19.1 Å². The number of fused-ring (bicyclic) bond motifs is 1. The summed E-state index contributed by atoms with van der Waals surface area (Å²) in [5, 5.41) is 0.826. The highest BCUT2D eigenvalue weighted by atomic mass is 32.2. The maximum absolute atomic E-state index is 12.6. The summed E-state index contributed by atoms with van der Waals surface area (Å²) in [5.41, 5.74) is 1.99. The van der Waals surface area contributed by atoms with Gasteiger partial charge < -0.3 is 9.47 Å².